The Morgan fingerprint density at radius 1 is 1.43 bits per heavy atom. The number of halogens is 2. The van der Waals surface area contributed by atoms with Crippen molar-refractivity contribution >= 4 is 18.3 Å². The average Bonchev–Trinajstić information content (AvgIpc) is 2.48. The summed E-state index contributed by atoms with van der Waals surface area (Å²) in [5.74, 6) is -0.491. The van der Waals surface area contributed by atoms with Crippen LogP contribution in [0.15, 0.2) is 35.9 Å². The van der Waals surface area contributed by atoms with E-state index < -0.39 is 0 Å². The molecule has 3 nitrogen and oxygen atoms in total. The van der Waals surface area contributed by atoms with Crippen molar-refractivity contribution in [2.45, 2.75) is 19.8 Å². The molecule has 1 aliphatic rings. The highest BCUT2D eigenvalue weighted by Gasteiger charge is 2.15. The quantitative estimate of drug-likeness (QED) is 0.820. The van der Waals surface area contributed by atoms with Crippen LogP contribution in [0.25, 0.3) is 0 Å². The molecule has 1 heterocycles. The Labute approximate surface area is 131 Å². The van der Waals surface area contributed by atoms with E-state index in [2.05, 4.69) is 16.7 Å². The van der Waals surface area contributed by atoms with Gasteiger partial charge in [0, 0.05) is 19.0 Å². The molecule has 0 aromatic heterocycles. The molecule has 0 bridgehead atoms. The maximum absolute atomic E-state index is 13.5. The lowest BCUT2D eigenvalue weighted by atomic mass is 9.99. The minimum atomic E-state index is -0.242. The lowest BCUT2D eigenvalue weighted by molar-refractivity contribution is -0.124. The molecule has 2 N–H and O–H groups in total. The summed E-state index contributed by atoms with van der Waals surface area (Å²) in [6.45, 7) is 4.27. The zero-order valence-electron chi connectivity index (χ0n) is 12.2. The SMILES string of the molecule is CC(Cc1ccccc1F)C(=O)NCC1=CCNCC1.Cl. The van der Waals surface area contributed by atoms with Gasteiger partial charge in [-0.1, -0.05) is 36.8 Å². The van der Waals surface area contributed by atoms with E-state index in [1.165, 1.54) is 11.6 Å². The van der Waals surface area contributed by atoms with Gasteiger partial charge in [-0.05, 0) is 31.0 Å². The summed E-state index contributed by atoms with van der Waals surface area (Å²) in [5.41, 5.74) is 1.85. The highest BCUT2D eigenvalue weighted by Crippen LogP contribution is 2.13. The van der Waals surface area contributed by atoms with Crippen molar-refractivity contribution < 1.29 is 9.18 Å². The summed E-state index contributed by atoms with van der Waals surface area (Å²) in [5, 5.41) is 6.17. The smallest absolute Gasteiger partial charge is 0.223 e. The van der Waals surface area contributed by atoms with Crippen LogP contribution in [0.3, 0.4) is 0 Å². The van der Waals surface area contributed by atoms with E-state index in [0.29, 0.717) is 18.5 Å². The summed E-state index contributed by atoms with van der Waals surface area (Å²) >= 11 is 0. The van der Waals surface area contributed by atoms with Gasteiger partial charge in [-0.3, -0.25) is 4.79 Å². The zero-order chi connectivity index (χ0) is 14.4. The van der Waals surface area contributed by atoms with Gasteiger partial charge in [0.25, 0.3) is 0 Å². The van der Waals surface area contributed by atoms with Gasteiger partial charge in [-0.25, -0.2) is 4.39 Å². The van der Waals surface area contributed by atoms with Crippen LogP contribution in [0.1, 0.15) is 18.9 Å². The van der Waals surface area contributed by atoms with Crippen LogP contribution in [0.4, 0.5) is 4.39 Å². The van der Waals surface area contributed by atoms with Gasteiger partial charge in [0.2, 0.25) is 5.91 Å². The number of nitrogens with one attached hydrogen (secondary N) is 2. The summed E-state index contributed by atoms with van der Waals surface area (Å²) in [4.78, 5) is 12.0. The van der Waals surface area contributed by atoms with Gasteiger partial charge in [0.05, 0.1) is 0 Å². The van der Waals surface area contributed by atoms with E-state index in [9.17, 15) is 9.18 Å². The zero-order valence-corrected chi connectivity index (χ0v) is 13.0. The molecule has 1 unspecified atom stereocenters. The van der Waals surface area contributed by atoms with Crippen molar-refractivity contribution in [2.24, 2.45) is 5.92 Å². The van der Waals surface area contributed by atoms with Crippen LogP contribution in [-0.2, 0) is 11.2 Å². The van der Waals surface area contributed by atoms with Gasteiger partial charge in [0.1, 0.15) is 5.82 Å². The molecule has 2 rings (SSSR count). The Morgan fingerprint density at radius 3 is 2.86 bits per heavy atom. The molecule has 0 radical (unpaired) electrons. The molecule has 21 heavy (non-hydrogen) atoms. The van der Waals surface area contributed by atoms with E-state index in [1.807, 2.05) is 6.92 Å². The van der Waals surface area contributed by atoms with Crippen LogP contribution < -0.4 is 10.6 Å². The summed E-state index contributed by atoms with van der Waals surface area (Å²) in [6.07, 6.45) is 3.52. The minimum Gasteiger partial charge on any atom is -0.352 e. The second-order valence-corrected chi connectivity index (χ2v) is 5.23. The van der Waals surface area contributed by atoms with E-state index in [4.69, 9.17) is 0 Å². The third kappa shape index (κ3) is 5.48. The van der Waals surface area contributed by atoms with E-state index in [-0.39, 0.29) is 30.0 Å². The van der Waals surface area contributed by atoms with Gasteiger partial charge in [-0.2, -0.15) is 0 Å². The van der Waals surface area contributed by atoms with Crippen molar-refractivity contribution in [3.8, 4) is 0 Å². The standard InChI is InChI=1S/C16H21FN2O.ClH/c1-12(10-14-4-2-3-5-15(14)17)16(20)19-11-13-6-8-18-9-7-13;/h2-6,12,18H,7-11H2,1H3,(H,19,20);1H. The monoisotopic (exact) mass is 312 g/mol. The normalized spacial score (nSPS) is 15.6. The first kappa shape index (κ1) is 17.7. The van der Waals surface area contributed by atoms with Crippen molar-refractivity contribution in [1.29, 1.82) is 0 Å². The lowest BCUT2D eigenvalue weighted by Gasteiger charge is -2.17. The van der Waals surface area contributed by atoms with E-state index in [1.54, 1.807) is 18.2 Å². The Morgan fingerprint density at radius 2 is 2.19 bits per heavy atom. The highest BCUT2D eigenvalue weighted by atomic mass is 35.5. The highest BCUT2D eigenvalue weighted by molar-refractivity contribution is 5.85. The van der Waals surface area contributed by atoms with E-state index in [0.717, 1.165) is 19.5 Å². The van der Waals surface area contributed by atoms with Crippen LogP contribution in [-0.4, -0.2) is 25.5 Å². The molecular formula is C16H22ClFN2O. The molecule has 1 atom stereocenters. The first-order chi connectivity index (χ1) is 9.66. The van der Waals surface area contributed by atoms with Gasteiger partial charge in [-0.15, -0.1) is 12.4 Å². The summed E-state index contributed by atoms with van der Waals surface area (Å²) in [7, 11) is 0. The number of amides is 1. The second kappa shape index (κ2) is 8.80. The van der Waals surface area contributed by atoms with Crippen molar-refractivity contribution in [3.63, 3.8) is 0 Å². The molecule has 0 spiro atoms. The van der Waals surface area contributed by atoms with Crippen LogP contribution in [0, 0.1) is 11.7 Å². The van der Waals surface area contributed by atoms with Gasteiger partial charge >= 0.3 is 0 Å². The van der Waals surface area contributed by atoms with Crippen LogP contribution >= 0.6 is 12.4 Å². The van der Waals surface area contributed by atoms with Crippen molar-refractivity contribution in [3.05, 3.63) is 47.3 Å². The summed E-state index contributed by atoms with van der Waals surface area (Å²) in [6, 6.07) is 6.62. The predicted molar refractivity (Wildman–Crippen MR) is 85.1 cm³/mol. The fourth-order valence-corrected chi connectivity index (χ4v) is 2.29. The lowest BCUT2D eigenvalue weighted by Crippen LogP contribution is -2.33. The maximum Gasteiger partial charge on any atom is 0.223 e. The second-order valence-electron chi connectivity index (χ2n) is 5.23. The topological polar surface area (TPSA) is 41.1 Å². The fraction of sp³-hybridized carbons (Fsp3) is 0.438. The van der Waals surface area contributed by atoms with Crippen molar-refractivity contribution in [1.82, 2.24) is 10.6 Å². The predicted octanol–water partition coefficient (Wildman–Crippen LogP) is 2.46. The molecule has 1 amide bonds. The fourth-order valence-electron chi connectivity index (χ4n) is 2.29. The first-order valence-electron chi connectivity index (χ1n) is 7.06. The number of hydrogen-bond donors (Lipinski definition) is 2. The third-order valence-corrected chi connectivity index (χ3v) is 3.58. The van der Waals surface area contributed by atoms with Crippen molar-refractivity contribution in [2.75, 3.05) is 19.6 Å². The minimum absolute atomic E-state index is 0. The molecule has 0 saturated carbocycles. The number of rotatable bonds is 5. The molecular weight excluding hydrogens is 291 g/mol. The number of hydrogen-bond acceptors (Lipinski definition) is 2. The Kier molecular flexibility index (Phi) is 7.40. The van der Waals surface area contributed by atoms with E-state index >= 15 is 0 Å². The molecule has 1 aromatic carbocycles. The molecule has 1 aromatic rings. The van der Waals surface area contributed by atoms with Crippen LogP contribution in [0.5, 0.6) is 0 Å². The molecule has 116 valence electrons. The molecule has 1 aliphatic heterocycles. The largest absolute Gasteiger partial charge is 0.352 e. The molecule has 0 fully saturated rings. The van der Waals surface area contributed by atoms with Gasteiger partial charge in [0.15, 0.2) is 0 Å². The number of carbonyl (C=O) groups excluding carboxylic acids is 1. The number of carbonyl (C=O) groups is 1. The third-order valence-electron chi connectivity index (χ3n) is 3.58. The molecule has 0 aliphatic carbocycles. The number of benzene rings is 1. The maximum atomic E-state index is 13.5. The Hall–Kier alpha value is -1.39. The Bertz CT molecular complexity index is 505. The van der Waals surface area contributed by atoms with Crippen LogP contribution in [0.2, 0.25) is 0 Å². The van der Waals surface area contributed by atoms with Gasteiger partial charge < -0.3 is 10.6 Å². The summed E-state index contributed by atoms with van der Waals surface area (Å²) < 4.78 is 13.5. The average molecular weight is 313 g/mol. The molecule has 0 saturated heterocycles. The Balaban J connectivity index is 0.00000220. The first-order valence-corrected chi connectivity index (χ1v) is 7.06. The molecule has 5 heteroatoms.